The minimum Gasteiger partial charge on any atom is -0.376 e. The number of ether oxygens (including phenoxy) is 1. The fourth-order valence-corrected chi connectivity index (χ4v) is 4.07. The van der Waals surface area contributed by atoms with E-state index in [1.54, 1.807) is 23.1 Å². The predicted octanol–water partition coefficient (Wildman–Crippen LogP) is 0.958. The molecule has 9 heteroatoms. The number of likely N-dealkylation sites (tertiary alicyclic amines) is 1. The van der Waals surface area contributed by atoms with Crippen molar-refractivity contribution < 1.29 is 22.7 Å². The number of amides is 2. The Morgan fingerprint density at radius 1 is 1.26 bits per heavy atom. The van der Waals surface area contributed by atoms with Crippen LogP contribution in [-0.2, 0) is 19.6 Å². The van der Waals surface area contributed by atoms with E-state index in [1.807, 2.05) is 0 Å². The Hall–Kier alpha value is -2.13. The third kappa shape index (κ3) is 5.20. The third-order valence-corrected chi connectivity index (χ3v) is 5.36. The van der Waals surface area contributed by atoms with Crippen LogP contribution in [0.4, 0.5) is 5.69 Å². The minimum atomic E-state index is -3.43. The van der Waals surface area contributed by atoms with Gasteiger partial charge in [0.2, 0.25) is 15.9 Å². The average molecular weight is 395 g/mol. The highest BCUT2D eigenvalue weighted by molar-refractivity contribution is 7.92. The van der Waals surface area contributed by atoms with Crippen LogP contribution >= 0.6 is 0 Å². The summed E-state index contributed by atoms with van der Waals surface area (Å²) in [5, 5.41) is 2.90. The lowest BCUT2D eigenvalue weighted by molar-refractivity contribution is -0.125. The molecule has 8 nitrogen and oxygen atoms in total. The van der Waals surface area contributed by atoms with E-state index in [9.17, 15) is 18.0 Å². The molecule has 2 unspecified atom stereocenters. The summed E-state index contributed by atoms with van der Waals surface area (Å²) in [5.74, 6) is -0.441. The zero-order valence-electron chi connectivity index (χ0n) is 15.3. The summed E-state index contributed by atoms with van der Waals surface area (Å²) in [7, 11) is -3.43. The van der Waals surface area contributed by atoms with Gasteiger partial charge < -0.3 is 15.0 Å². The van der Waals surface area contributed by atoms with Crippen molar-refractivity contribution in [2.24, 2.45) is 0 Å². The number of anilines is 1. The molecule has 1 aromatic carbocycles. The molecule has 2 fully saturated rings. The van der Waals surface area contributed by atoms with Crippen molar-refractivity contribution in [2.45, 2.75) is 37.8 Å². The Morgan fingerprint density at radius 3 is 2.78 bits per heavy atom. The number of carbonyl (C=O) groups excluding carboxylic acids is 2. The van der Waals surface area contributed by atoms with Crippen LogP contribution in [0.5, 0.6) is 0 Å². The number of carbonyl (C=O) groups is 2. The van der Waals surface area contributed by atoms with Crippen molar-refractivity contribution in [3.8, 4) is 0 Å². The van der Waals surface area contributed by atoms with Gasteiger partial charge in [0.05, 0.1) is 12.4 Å². The summed E-state index contributed by atoms with van der Waals surface area (Å²) in [4.78, 5) is 27.0. The first kappa shape index (κ1) is 19.6. The molecule has 2 amide bonds. The van der Waals surface area contributed by atoms with Crippen LogP contribution in [0.15, 0.2) is 24.3 Å². The van der Waals surface area contributed by atoms with Crippen LogP contribution in [0.25, 0.3) is 0 Å². The maximum Gasteiger partial charge on any atom is 0.254 e. The van der Waals surface area contributed by atoms with Crippen LogP contribution in [0.3, 0.4) is 0 Å². The largest absolute Gasteiger partial charge is 0.376 e. The molecular formula is C18H25N3O5S. The molecule has 2 aliphatic rings. The summed E-state index contributed by atoms with van der Waals surface area (Å²) >= 11 is 0. The lowest BCUT2D eigenvalue weighted by atomic mass is 10.1. The second-order valence-electron chi connectivity index (χ2n) is 6.99. The Morgan fingerprint density at radius 2 is 2.07 bits per heavy atom. The van der Waals surface area contributed by atoms with Gasteiger partial charge in [-0.05, 0) is 43.9 Å². The Balaban J connectivity index is 1.66. The van der Waals surface area contributed by atoms with E-state index >= 15 is 0 Å². The van der Waals surface area contributed by atoms with Crippen LogP contribution in [0.2, 0.25) is 0 Å². The van der Waals surface area contributed by atoms with Crippen molar-refractivity contribution in [3.63, 3.8) is 0 Å². The minimum absolute atomic E-state index is 0.0539. The highest BCUT2D eigenvalue weighted by Gasteiger charge is 2.35. The maximum absolute atomic E-state index is 12.9. The summed E-state index contributed by atoms with van der Waals surface area (Å²) in [5.41, 5.74) is 0.671. The SMILES string of the molecule is CS(=O)(=O)Nc1cccc(C(=O)N2CCCC2C(=O)NCC2CCCO2)c1. The zero-order valence-corrected chi connectivity index (χ0v) is 16.1. The predicted molar refractivity (Wildman–Crippen MR) is 101 cm³/mol. The van der Waals surface area contributed by atoms with Gasteiger partial charge in [0, 0.05) is 30.9 Å². The molecule has 2 aliphatic heterocycles. The topological polar surface area (TPSA) is 105 Å². The van der Waals surface area contributed by atoms with E-state index in [0.717, 1.165) is 32.1 Å². The molecule has 0 aromatic heterocycles. The van der Waals surface area contributed by atoms with E-state index in [-0.39, 0.29) is 17.9 Å². The average Bonchev–Trinajstić information content (AvgIpc) is 3.29. The van der Waals surface area contributed by atoms with E-state index in [1.165, 1.54) is 6.07 Å². The van der Waals surface area contributed by atoms with Gasteiger partial charge in [0.25, 0.3) is 5.91 Å². The zero-order chi connectivity index (χ0) is 19.4. The smallest absolute Gasteiger partial charge is 0.254 e. The molecule has 0 radical (unpaired) electrons. The molecule has 27 heavy (non-hydrogen) atoms. The lowest BCUT2D eigenvalue weighted by Crippen LogP contribution is -2.47. The monoisotopic (exact) mass is 395 g/mol. The number of hydrogen-bond acceptors (Lipinski definition) is 5. The fourth-order valence-electron chi connectivity index (χ4n) is 3.52. The molecule has 0 bridgehead atoms. The number of rotatable bonds is 6. The molecule has 2 atom stereocenters. The number of hydrogen-bond donors (Lipinski definition) is 2. The van der Waals surface area contributed by atoms with Gasteiger partial charge in [-0.15, -0.1) is 0 Å². The molecule has 2 N–H and O–H groups in total. The quantitative estimate of drug-likeness (QED) is 0.746. The normalized spacial score (nSPS) is 22.6. The van der Waals surface area contributed by atoms with Gasteiger partial charge in [0.15, 0.2) is 0 Å². The van der Waals surface area contributed by atoms with E-state index in [4.69, 9.17) is 4.74 Å². The summed E-state index contributed by atoms with van der Waals surface area (Å²) in [6.45, 7) is 1.69. The number of benzene rings is 1. The molecule has 1 aromatic rings. The van der Waals surface area contributed by atoms with Crippen LogP contribution in [0, 0.1) is 0 Å². The van der Waals surface area contributed by atoms with Crippen molar-refractivity contribution in [2.75, 3.05) is 30.7 Å². The van der Waals surface area contributed by atoms with Crippen LogP contribution in [-0.4, -0.2) is 63.2 Å². The molecular weight excluding hydrogens is 370 g/mol. The molecule has 3 rings (SSSR count). The van der Waals surface area contributed by atoms with Gasteiger partial charge >= 0.3 is 0 Å². The van der Waals surface area contributed by atoms with Gasteiger partial charge in [-0.2, -0.15) is 0 Å². The first-order chi connectivity index (χ1) is 12.8. The number of nitrogens with one attached hydrogen (secondary N) is 2. The van der Waals surface area contributed by atoms with Crippen LogP contribution < -0.4 is 10.0 Å². The number of sulfonamides is 1. The molecule has 0 spiro atoms. The molecule has 2 heterocycles. The highest BCUT2D eigenvalue weighted by atomic mass is 32.2. The summed E-state index contributed by atoms with van der Waals surface area (Å²) in [6.07, 6.45) is 4.42. The summed E-state index contributed by atoms with van der Waals surface area (Å²) < 4.78 is 30.7. The third-order valence-electron chi connectivity index (χ3n) is 4.76. The van der Waals surface area contributed by atoms with Gasteiger partial charge in [-0.3, -0.25) is 14.3 Å². The molecule has 2 saturated heterocycles. The van der Waals surface area contributed by atoms with Gasteiger partial charge in [0.1, 0.15) is 6.04 Å². The van der Waals surface area contributed by atoms with E-state index < -0.39 is 16.1 Å². The van der Waals surface area contributed by atoms with E-state index in [2.05, 4.69) is 10.0 Å². The number of nitrogens with zero attached hydrogens (tertiary/aromatic N) is 1. The lowest BCUT2D eigenvalue weighted by Gasteiger charge is -2.25. The molecule has 0 saturated carbocycles. The Bertz CT molecular complexity index is 805. The van der Waals surface area contributed by atoms with Crippen LogP contribution in [0.1, 0.15) is 36.0 Å². The van der Waals surface area contributed by atoms with Gasteiger partial charge in [-0.1, -0.05) is 6.07 Å². The second-order valence-corrected chi connectivity index (χ2v) is 8.74. The Labute approximate surface area is 159 Å². The first-order valence-electron chi connectivity index (χ1n) is 9.11. The second kappa shape index (κ2) is 8.26. The van der Waals surface area contributed by atoms with Crippen molar-refractivity contribution >= 4 is 27.5 Å². The maximum atomic E-state index is 12.9. The highest BCUT2D eigenvalue weighted by Crippen LogP contribution is 2.22. The summed E-state index contributed by atoms with van der Waals surface area (Å²) in [6, 6.07) is 5.79. The van der Waals surface area contributed by atoms with E-state index in [0.29, 0.717) is 30.8 Å². The standard InChI is InChI=1S/C18H25N3O5S/c1-27(24,25)20-14-6-2-5-13(11-14)18(23)21-9-3-8-16(21)17(22)19-12-15-7-4-10-26-15/h2,5-6,11,15-16,20H,3-4,7-10,12H2,1H3,(H,19,22). The van der Waals surface area contributed by atoms with Crippen molar-refractivity contribution in [1.29, 1.82) is 0 Å². The molecule has 0 aliphatic carbocycles. The van der Waals surface area contributed by atoms with Crippen molar-refractivity contribution in [3.05, 3.63) is 29.8 Å². The van der Waals surface area contributed by atoms with Gasteiger partial charge in [-0.25, -0.2) is 8.42 Å². The first-order valence-corrected chi connectivity index (χ1v) is 11.0. The molecule has 148 valence electrons. The Kier molecular flexibility index (Phi) is 6.01. The van der Waals surface area contributed by atoms with Crippen molar-refractivity contribution in [1.82, 2.24) is 10.2 Å². The fraction of sp³-hybridized carbons (Fsp3) is 0.556.